The summed E-state index contributed by atoms with van der Waals surface area (Å²) in [6.07, 6.45) is 3.17. The maximum Gasteiger partial charge on any atom is 0.119 e. The predicted molar refractivity (Wildman–Crippen MR) is 86.8 cm³/mol. The van der Waals surface area contributed by atoms with E-state index in [1.54, 1.807) is 7.11 Å². The number of methoxy groups -OCH3 is 1. The van der Waals surface area contributed by atoms with Crippen molar-refractivity contribution in [1.82, 2.24) is 5.32 Å². The number of ether oxygens (including phenoxy) is 1. The van der Waals surface area contributed by atoms with Gasteiger partial charge in [-0.3, -0.25) is 0 Å². The number of aliphatic hydroxyl groups is 1. The summed E-state index contributed by atoms with van der Waals surface area (Å²) in [6, 6.07) is 9.34. The fourth-order valence-corrected chi connectivity index (χ4v) is 3.10. The first-order valence-electron chi connectivity index (χ1n) is 7.95. The number of hydrogen-bond donors (Lipinski definition) is 2. The molecule has 1 aromatic rings. The van der Waals surface area contributed by atoms with Crippen LogP contribution < -0.4 is 10.1 Å². The fourth-order valence-electron chi connectivity index (χ4n) is 3.10. The van der Waals surface area contributed by atoms with Crippen LogP contribution in [0.3, 0.4) is 0 Å². The highest BCUT2D eigenvalue weighted by molar-refractivity contribution is 5.32. The molecule has 0 bridgehead atoms. The molecule has 3 heteroatoms. The zero-order valence-electron chi connectivity index (χ0n) is 13.7. The summed E-state index contributed by atoms with van der Waals surface area (Å²) in [5.41, 5.74) is 1.56. The molecule has 0 spiro atoms. The summed E-state index contributed by atoms with van der Waals surface area (Å²) in [5, 5.41) is 13.0. The Hall–Kier alpha value is -1.06. The van der Waals surface area contributed by atoms with E-state index in [0.717, 1.165) is 12.2 Å². The molecule has 1 aliphatic carbocycles. The monoisotopic (exact) mass is 291 g/mol. The quantitative estimate of drug-likeness (QED) is 0.845. The van der Waals surface area contributed by atoms with Crippen molar-refractivity contribution < 1.29 is 9.84 Å². The van der Waals surface area contributed by atoms with E-state index in [1.165, 1.54) is 18.4 Å². The molecular formula is C18H29NO2. The third kappa shape index (κ3) is 4.21. The smallest absolute Gasteiger partial charge is 0.119 e. The zero-order valence-corrected chi connectivity index (χ0v) is 13.7. The van der Waals surface area contributed by atoms with Crippen LogP contribution >= 0.6 is 0 Å². The Labute approximate surface area is 128 Å². The van der Waals surface area contributed by atoms with Gasteiger partial charge in [-0.15, -0.1) is 0 Å². The van der Waals surface area contributed by atoms with Gasteiger partial charge in [0, 0.05) is 18.7 Å². The van der Waals surface area contributed by atoms with Crippen molar-refractivity contribution in [1.29, 1.82) is 0 Å². The van der Waals surface area contributed by atoms with Crippen molar-refractivity contribution in [2.24, 2.45) is 5.41 Å². The van der Waals surface area contributed by atoms with Gasteiger partial charge in [-0.25, -0.2) is 0 Å². The molecular weight excluding hydrogens is 262 g/mol. The predicted octanol–water partition coefficient (Wildman–Crippen LogP) is 3.33. The normalized spacial score (nSPS) is 23.5. The van der Waals surface area contributed by atoms with E-state index < -0.39 is 0 Å². The lowest BCUT2D eigenvalue weighted by Crippen LogP contribution is -2.50. The maximum absolute atomic E-state index is 9.24. The van der Waals surface area contributed by atoms with Gasteiger partial charge in [-0.05, 0) is 48.3 Å². The van der Waals surface area contributed by atoms with E-state index in [9.17, 15) is 5.11 Å². The van der Waals surface area contributed by atoms with Gasteiger partial charge in [0.1, 0.15) is 5.75 Å². The minimum absolute atomic E-state index is 0.184. The average Bonchev–Trinajstić information content (AvgIpc) is 2.39. The Morgan fingerprint density at radius 1 is 1.33 bits per heavy atom. The first-order chi connectivity index (χ1) is 9.94. The zero-order chi connectivity index (χ0) is 15.5. The molecule has 2 N–H and O–H groups in total. The van der Waals surface area contributed by atoms with Crippen LogP contribution in [0.1, 0.15) is 51.5 Å². The van der Waals surface area contributed by atoms with Crippen LogP contribution in [0.25, 0.3) is 0 Å². The average molecular weight is 291 g/mol. The number of rotatable bonds is 6. The lowest BCUT2D eigenvalue weighted by molar-refractivity contribution is 0.157. The highest BCUT2D eigenvalue weighted by Crippen LogP contribution is 2.39. The molecule has 0 heterocycles. The summed E-state index contributed by atoms with van der Waals surface area (Å²) in [4.78, 5) is 0. The van der Waals surface area contributed by atoms with Crippen LogP contribution in [0, 0.1) is 5.41 Å². The van der Waals surface area contributed by atoms with Gasteiger partial charge >= 0.3 is 0 Å². The Balaban J connectivity index is 1.88. The number of nitrogens with one attached hydrogen (secondary N) is 1. The van der Waals surface area contributed by atoms with Crippen molar-refractivity contribution in [3.8, 4) is 5.75 Å². The molecule has 1 aliphatic rings. The molecule has 1 fully saturated rings. The summed E-state index contributed by atoms with van der Waals surface area (Å²) in [7, 11) is 1.72. The molecule has 1 atom stereocenters. The Morgan fingerprint density at radius 3 is 2.62 bits per heavy atom. The van der Waals surface area contributed by atoms with Crippen LogP contribution in [0.15, 0.2) is 24.3 Å². The van der Waals surface area contributed by atoms with Crippen LogP contribution in [-0.4, -0.2) is 30.9 Å². The Bertz CT molecular complexity index is 447. The van der Waals surface area contributed by atoms with Gasteiger partial charge in [0.2, 0.25) is 0 Å². The van der Waals surface area contributed by atoms with Crippen LogP contribution in [-0.2, 0) is 0 Å². The third-order valence-electron chi connectivity index (χ3n) is 4.60. The molecule has 1 aromatic carbocycles. The standard InChI is InChI=1S/C18H29NO2/c1-18(2,3)17(8-9-20)19-15-10-14(11-15)13-6-5-7-16(12-13)21-4/h5-7,12,14-15,17,19-20H,8-11H2,1-4H3. The van der Waals surface area contributed by atoms with Crippen LogP contribution in [0.2, 0.25) is 0 Å². The SMILES string of the molecule is COc1cccc(C2CC(NC(CCO)C(C)(C)C)C2)c1. The topological polar surface area (TPSA) is 41.5 Å². The van der Waals surface area contributed by atoms with Crippen molar-refractivity contribution in [3.63, 3.8) is 0 Å². The molecule has 0 saturated heterocycles. The second-order valence-electron chi connectivity index (χ2n) is 7.24. The maximum atomic E-state index is 9.24. The molecule has 0 aromatic heterocycles. The first kappa shape index (κ1) is 16.3. The summed E-state index contributed by atoms with van der Waals surface area (Å²) in [5.74, 6) is 1.57. The summed E-state index contributed by atoms with van der Waals surface area (Å²) >= 11 is 0. The molecule has 21 heavy (non-hydrogen) atoms. The molecule has 1 unspecified atom stereocenters. The van der Waals surface area contributed by atoms with Crippen molar-refractivity contribution in [3.05, 3.63) is 29.8 Å². The molecule has 118 valence electrons. The highest BCUT2D eigenvalue weighted by Gasteiger charge is 2.34. The van der Waals surface area contributed by atoms with E-state index >= 15 is 0 Å². The lowest BCUT2D eigenvalue weighted by atomic mass is 9.74. The number of aliphatic hydroxyl groups excluding tert-OH is 1. The second kappa shape index (κ2) is 6.80. The Morgan fingerprint density at radius 2 is 2.05 bits per heavy atom. The summed E-state index contributed by atoms with van der Waals surface area (Å²) < 4.78 is 5.30. The van der Waals surface area contributed by atoms with Gasteiger partial charge in [0.05, 0.1) is 7.11 Å². The van der Waals surface area contributed by atoms with Crippen molar-refractivity contribution in [2.45, 2.75) is 58.0 Å². The molecule has 3 nitrogen and oxygen atoms in total. The number of hydrogen-bond acceptors (Lipinski definition) is 3. The minimum Gasteiger partial charge on any atom is -0.497 e. The number of benzene rings is 1. The fraction of sp³-hybridized carbons (Fsp3) is 0.667. The Kier molecular flexibility index (Phi) is 5.28. The summed E-state index contributed by atoms with van der Waals surface area (Å²) in [6.45, 7) is 6.95. The van der Waals surface area contributed by atoms with E-state index in [2.05, 4.69) is 44.3 Å². The van der Waals surface area contributed by atoms with Crippen molar-refractivity contribution >= 4 is 0 Å². The van der Waals surface area contributed by atoms with E-state index in [4.69, 9.17) is 4.74 Å². The van der Waals surface area contributed by atoms with Gasteiger partial charge in [-0.2, -0.15) is 0 Å². The van der Waals surface area contributed by atoms with Crippen molar-refractivity contribution in [2.75, 3.05) is 13.7 Å². The van der Waals surface area contributed by atoms with E-state index in [0.29, 0.717) is 18.0 Å². The van der Waals surface area contributed by atoms with Gasteiger partial charge < -0.3 is 15.2 Å². The van der Waals surface area contributed by atoms with Gasteiger partial charge in [-0.1, -0.05) is 32.9 Å². The van der Waals surface area contributed by atoms with E-state index in [-0.39, 0.29) is 12.0 Å². The largest absolute Gasteiger partial charge is 0.497 e. The lowest BCUT2D eigenvalue weighted by Gasteiger charge is -2.42. The third-order valence-corrected chi connectivity index (χ3v) is 4.60. The second-order valence-corrected chi connectivity index (χ2v) is 7.24. The molecule has 0 aliphatic heterocycles. The highest BCUT2D eigenvalue weighted by atomic mass is 16.5. The minimum atomic E-state index is 0.184. The van der Waals surface area contributed by atoms with Crippen LogP contribution in [0.4, 0.5) is 0 Å². The van der Waals surface area contributed by atoms with Gasteiger partial charge in [0.25, 0.3) is 0 Å². The molecule has 0 amide bonds. The first-order valence-corrected chi connectivity index (χ1v) is 7.95. The van der Waals surface area contributed by atoms with Gasteiger partial charge in [0.15, 0.2) is 0 Å². The van der Waals surface area contributed by atoms with Crippen LogP contribution in [0.5, 0.6) is 5.75 Å². The molecule has 2 rings (SSSR count). The molecule has 1 saturated carbocycles. The molecule has 0 radical (unpaired) electrons. The van der Waals surface area contributed by atoms with E-state index in [1.807, 2.05) is 6.07 Å².